The van der Waals surface area contributed by atoms with Gasteiger partial charge in [-0.1, -0.05) is 0 Å². The quantitative estimate of drug-likeness (QED) is 0.509. The molecule has 0 aliphatic rings. The van der Waals surface area contributed by atoms with Crippen LogP contribution in [0.25, 0.3) is 0 Å². The largest absolute Gasteiger partial charge is 0.574 e. The molecule has 0 aliphatic carbocycles. The van der Waals surface area contributed by atoms with Crippen LogP contribution in [-0.2, 0) is 0 Å². The first-order valence-corrected chi connectivity index (χ1v) is 4.55. The van der Waals surface area contributed by atoms with Crippen molar-refractivity contribution in [2.45, 2.75) is 6.36 Å². The maximum absolute atomic E-state index is 11.8. The molecule has 8 heteroatoms. The molecule has 0 aliphatic heterocycles. The van der Waals surface area contributed by atoms with E-state index in [0.717, 1.165) is 0 Å². The van der Waals surface area contributed by atoms with Crippen LogP contribution in [0.1, 0.15) is 10.4 Å². The number of hydrogen-bond donors (Lipinski definition) is 1. The van der Waals surface area contributed by atoms with E-state index in [0.29, 0.717) is 6.07 Å². The Morgan fingerprint density at radius 1 is 1.47 bits per heavy atom. The van der Waals surface area contributed by atoms with E-state index in [1.54, 1.807) is 0 Å². The van der Waals surface area contributed by atoms with E-state index in [2.05, 4.69) is 9.72 Å². The predicted octanol–water partition coefficient (Wildman–Crippen LogP) is 1.69. The summed E-state index contributed by atoms with van der Waals surface area (Å²) >= 11 is 1.53. The number of ether oxygens (including phenoxy) is 1. The van der Waals surface area contributed by atoms with Crippen LogP contribution >= 0.6 is 22.6 Å². The normalized spacial score (nSPS) is 11.2. The minimum Gasteiger partial charge on any atom is -0.390 e. The minimum atomic E-state index is -4.88. The van der Waals surface area contributed by atoms with Gasteiger partial charge >= 0.3 is 6.36 Å². The van der Waals surface area contributed by atoms with Gasteiger partial charge in [0.1, 0.15) is 0 Å². The van der Waals surface area contributed by atoms with E-state index in [-0.39, 0.29) is 15.6 Å². The van der Waals surface area contributed by atoms with Crippen molar-refractivity contribution in [2.75, 3.05) is 0 Å². The number of aromatic amines is 1. The molecule has 1 N–H and O–H groups in total. The smallest absolute Gasteiger partial charge is 0.390 e. The van der Waals surface area contributed by atoms with Crippen molar-refractivity contribution in [3.8, 4) is 5.88 Å². The summed E-state index contributed by atoms with van der Waals surface area (Å²) in [6, 6.07) is 0.569. The first-order chi connectivity index (χ1) is 6.83. The average Bonchev–Trinajstić information content (AvgIpc) is 1.99. The van der Waals surface area contributed by atoms with Gasteiger partial charge in [0.25, 0.3) is 0 Å². The lowest BCUT2D eigenvalue weighted by Gasteiger charge is -2.08. The van der Waals surface area contributed by atoms with Crippen molar-refractivity contribution in [3.05, 3.63) is 25.6 Å². The third-order valence-corrected chi connectivity index (χ3v) is 2.19. The molecular weight excluding hydrogens is 330 g/mol. The number of halogens is 4. The number of rotatable bonds is 2. The molecule has 0 unspecified atom stereocenters. The summed E-state index contributed by atoms with van der Waals surface area (Å²) in [5.41, 5.74) is -1.06. The summed E-state index contributed by atoms with van der Waals surface area (Å²) in [4.78, 5) is 23.6. The van der Waals surface area contributed by atoms with Crippen LogP contribution in [0.2, 0.25) is 0 Å². The molecule has 0 bridgehead atoms. The van der Waals surface area contributed by atoms with Gasteiger partial charge in [-0.25, -0.2) is 0 Å². The monoisotopic (exact) mass is 333 g/mol. The van der Waals surface area contributed by atoms with Crippen LogP contribution in [0.3, 0.4) is 0 Å². The van der Waals surface area contributed by atoms with Crippen molar-refractivity contribution >= 4 is 28.9 Å². The van der Waals surface area contributed by atoms with Crippen molar-refractivity contribution in [1.82, 2.24) is 4.98 Å². The number of carbonyl (C=O) groups excluding carboxylic acids is 1. The average molecular weight is 333 g/mol. The molecule has 0 spiro atoms. The summed E-state index contributed by atoms with van der Waals surface area (Å²) < 4.78 is 38.8. The van der Waals surface area contributed by atoms with Gasteiger partial charge in [0.05, 0.1) is 9.26 Å². The van der Waals surface area contributed by atoms with Crippen LogP contribution < -0.4 is 10.2 Å². The number of H-pyrrole nitrogens is 1. The number of alkyl halides is 3. The first kappa shape index (κ1) is 12.0. The SMILES string of the molecule is O=Cc1c(I)[nH]c(OC(F)(F)F)cc1=O. The maximum Gasteiger partial charge on any atom is 0.574 e. The molecule has 0 amide bonds. The first-order valence-electron chi connectivity index (χ1n) is 3.47. The van der Waals surface area contributed by atoms with Crippen LogP contribution in [0.15, 0.2) is 10.9 Å². The lowest BCUT2D eigenvalue weighted by atomic mass is 10.3. The zero-order valence-corrected chi connectivity index (χ0v) is 9.05. The fourth-order valence-corrected chi connectivity index (χ4v) is 1.46. The molecule has 1 rings (SSSR count). The summed E-state index contributed by atoms with van der Waals surface area (Å²) in [5.74, 6) is -0.748. The number of pyridine rings is 1. The summed E-state index contributed by atoms with van der Waals surface area (Å²) in [6.07, 6.45) is -4.62. The minimum absolute atomic E-state index is 0.00523. The maximum atomic E-state index is 11.8. The van der Waals surface area contributed by atoms with E-state index in [4.69, 9.17) is 0 Å². The van der Waals surface area contributed by atoms with Crippen LogP contribution in [0, 0.1) is 3.70 Å². The lowest BCUT2D eigenvalue weighted by Crippen LogP contribution is -2.21. The molecule has 1 aromatic heterocycles. The summed E-state index contributed by atoms with van der Waals surface area (Å²) in [5, 5.41) is 0. The zero-order valence-electron chi connectivity index (χ0n) is 6.89. The molecule has 1 aromatic rings. The van der Waals surface area contributed by atoms with Gasteiger partial charge in [-0.15, -0.1) is 13.2 Å². The number of carbonyl (C=O) groups is 1. The van der Waals surface area contributed by atoms with Crippen molar-refractivity contribution in [2.24, 2.45) is 0 Å². The molecule has 82 valence electrons. The Bertz CT molecular complexity index is 440. The number of hydrogen-bond acceptors (Lipinski definition) is 3. The van der Waals surface area contributed by atoms with Crippen molar-refractivity contribution < 1.29 is 22.7 Å². The highest BCUT2D eigenvalue weighted by molar-refractivity contribution is 14.1. The molecule has 0 atom stereocenters. The Hall–Kier alpha value is -1.06. The van der Waals surface area contributed by atoms with Gasteiger partial charge in [0.15, 0.2) is 11.7 Å². The van der Waals surface area contributed by atoms with E-state index in [9.17, 15) is 22.8 Å². The molecule has 0 radical (unpaired) electrons. The van der Waals surface area contributed by atoms with E-state index in [1.165, 1.54) is 22.6 Å². The van der Waals surface area contributed by atoms with Gasteiger partial charge in [-0.05, 0) is 22.6 Å². The van der Waals surface area contributed by atoms with Crippen molar-refractivity contribution in [3.63, 3.8) is 0 Å². The molecule has 1 heterocycles. The Morgan fingerprint density at radius 3 is 2.47 bits per heavy atom. The second-order valence-corrected chi connectivity index (χ2v) is 3.47. The van der Waals surface area contributed by atoms with Gasteiger partial charge in [0.2, 0.25) is 5.88 Å². The zero-order chi connectivity index (χ0) is 11.6. The highest BCUT2D eigenvalue weighted by atomic mass is 127. The Labute approximate surface area is 94.6 Å². The van der Waals surface area contributed by atoms with E-state index < -0.39 is 17.7 Å². The predicted molar refractivity (Wildman–Crippen MR) is 51.9 cm³/mol. The standard InChI is InChI=1S/C7H3F3INO3/c8-7(9,10)15-5-1-4(14)3(2-13)6(11)12-5/h1-2H,(H,12,14). The van der Waals surface area contributed by atoms with Crippen LogP contribution in [0.4, 0.5) is 13.2 Å². The molecular formula is C7H3F3INO3. The molecule has 15 heavy (non-hydrogen) atoms. The lowest BCUT2D eigenvalue weighted by molar-refractivity contribution is -0.276. The fourth-order valence-electron chi connectivity index (χ4n) is 0.806. The summed E-state index contributed by atoms with van der Waals surface area (Å²) in [7, 11) is 0. The van der Waals surface area contributed by atoms with E-state index >= 15 is 0 Å². The van der Waals surface area contributed by atoms with Gasteiger partial charge < -0.3 is 9.72 Å². The number of aromatic nitrogens is 1. The van der Waals surface area contributed by atoms with Crippen molar-refractivity contribution in [1.29, 1.82) is 0 Å². The highest BCUT2D eigenvalue weighted by Gasteiger charge is 2.31. The Kier molecular flexibility index (Phi) is 3.37. The van der Waals surface area contributed by atoms with Gasteiger partial charge in [0, 0.05) is 6.07 Å². The fraction of sp³-hybridized carbons (Fsp3) is 0.143. The topological polar surface area (TPSA) is 59.2 Å². The highest BCUT2D eigenvalue weighted by Crippen LogP contribution is 2.20. The van der Waals surface area contributed by atoms with Crippen LogP contribution in [-0.4, -0.2) is 17.6 Å². The second-order valence-electron chi connectivity index (χ2n) is 2.39. The molecule has 0 saturated heterocycles. The third kappa shape index (κ3) is 3.22. The Balaban J connectivity index is 3.15. The van der Waals surface area contributed by atoms with Gasteiger partial charge in [-0.2, -0.15) is 0 Å². The second kappa shape index (κ2) is 4.21. The van der Waals surface area contributed by atoms with E-state index in [1.807, 2.05) is 0 Å². The molecule has 0 saturated carbocycles. The van der Waals surface area contributed by atoms with Gasteiger partial charge in [-0.3, -0.25) is 9.59 Å². The number of aldehydes is 1. The molecule has 4 nitrogen and oxygen atoms in total. The number of nitrogens with one attached hydrogen (secondary N) is 1. The molecule has 0 aromatic carbocycles. The third-order valence-electron chi connectivity index (χ3n) is 1.34. The Morgan fingerprint density at radius 2 is 2.07 bits per heavy atom. The molecule has 0 fully saturated rings. The van der Waals surface area contributed by atoms with Crippen LogP contribution in [0.5, 0.6) is 5.88 Å². The summed E-state index contributed by atoms with van der Waals surface area (Å²) in [6.45, 7) is 0.